The molecule has 0 saturated carbocycles. The molecule has 1 aromatic heterocycles. The van der Waals surface area contributed by atoms with Gasteiger partial charge in [0.2, 0.25) is 0 Å². The number of thioether (sulfide) groups is 1. The van der Waals surface area contributed by atoms with Gasteiger partial charge in [0.25, 0.3) is 5.91 Å². The van der Waals surface area contributed by atoms with Gasteiger partial charge in [0, 0.05) is 11.9 Å². The standard InChI is InChI=1S/C12H11F3N2O3S/c13-12(14,15)8-2-1-7(5-16-8)9(18)17-11(10(19)20)3-4-21-6-11/h1-2,5H,3-4,6H2,(H,17,18)(H,19,20)/t11-/m0/s1. The summed E-state index contributed by atoms with van der Waals surface area (Å²) < 4.78 is 37.1. The Morgan fingerprint density at radius 3 is 2.52 bits per heavy atom. The molecule has 114 valence electrons. The number of nitrogens with zero attached hydrogens (tertiary/aromatic N) is 1. The Morgan fingerprint density at radius 1 is 1.38 bits per heavy atom. The SMILES string of the molecule is O=C(N[C@@]1(C(=O)O)CCSC1)c1ccc(C(F)(F)F)nc1. The zero-order valence-corrected chi connectivity index (χ0v) is 11.4. The van der Waals surface area contributed by atoms with Gasteiger partial charge in [0.05, 0.1) is 5.56 Å². The summed E-state index contributed by atoms with van der Waals surface area (Å²) >= 11 is 1.39. The summed E-state index contributed by atoms with van der Waals surface area (Å²) in [6.45, 7) is 0. The molecule has 1 amide bonds. The van der Waals surface area contributed by atoms with Gasteiger partial charge in [-0.3, -0.25) is 9.78 Å². The van der Waals surface area contributed by atoms with Crippen molar-refractivity contribution in [1.82, 2.24) is 10.3 Å². The van der Waals surface area contributed by atoms with E-state index in [2.05, 4.69) is 10.3 Å². The van der Waals surface area contributed by atoms with Crippen LogP contribution in [-0.4, -0.2) is 39.0 Å². The van der Waals surface area contributed by atoms with Crippen LogP contribution in [0.4, 0.5) is 13.2 Å². The summed E-state index contributed by atoms with van der Waals surface area (Å²) in [5.41, 5.74) is -2.59. The predicted octanol–water partition coefficient (Wildman–Crippen LogP) is 1.79. The lowest BCUT2D eigenvalue weighted by molar-refractivity contribution is -0.143. The third kappa shape index (κ3) is 3.29. The molecule has 2 heterocycles. The number of carbonyl (C=O) groups is 2. The van der Waals surface area contributed by atoms with Crippen molar-refractivity contribution >= 4 is 23.6 Å². The molecule has 1 fully saturated rings. The minimum atomic E-state index is -4.58. The van der Waals surface area contributed by atoms with Crippen molar-refractivity contribution < 1.29 is 27.9 Å². The Kier molecular flexibility index (Phi) is 4.13. The number of carboxylic acid groups (broad SMARTS) is 1. The van der Waals surface area contributed by atoms with E-state index in [1.807, 2.05) is 0 Å². The van der Waals surface area contributed by atoms with Gasteiger partial charge < -0.3 is 10.4 Å². The van der Waals surface area contributed by atoms with Gasteiger partial charge in [0.1, 0.15) is 11.2 Å². The van der Waals surface area contributed by atoms with Crippen LogP contribution in [0, 0.1) is 0 Å². The molecule has 1 aliphatic rings. The molecule has 0 aliphatic carbocycles. The third-order valence-electron chi connectivity index (χ3n) is 3.10. The second-order valence-electron chi connectivity index (χ2n) is 4.57. The zero-order chi connectivity index (χ0) is 15.7. The van der Waals surface area contributed by atoms with Gasteiger partial charge in [-0.15, -0.1) is 0 Å². The fourth-order valence-electron chi connectivity index (χ4n) is 1.87. The van der Waals surface area contributed by atoms with Crippen LogP contribution >= 0.6 is 11.8 Å². The van der Waals surface area contributed by atoms with E-state index in [-0.39, 0.29) is 17.7 Å². The molecular formula is C12H11F3N2O3S. The smallest absolute Gasteiger partial charge is 0.433 e. The number of carboxylic acids is 1. The second kappa shape index (κ2) is 5.55. The third-order valence-corrected chi connectivity index (χ3v) is 4.29. The maximum Gasteiger partial charge on any atom is 0.433 e. The molecule has 0 radical (unpaired) electrons. The summed E-state index contributed by atoms with van der Waals surface area (Å²) in [5.74, 6) is -1.08. The van der Waals surface area contributed by atoms with Crippen LogP contribution in [0.3, 0.4) is 0 Å². The molecular weight excluding hydrogens is 309 g/mol. The van der Waals surface area contributed by atoms with Crippen molar-refractivity contribution in [2.75, 3.05) is 11.5 Å². The van der Waals surface area contributed by atoms with E-state index in [1.165, 1.54) is 11.8 Å². The van der Waals surface area contributed by atoms with Crippen LogP contribution in [0.25, 0.3) is 0 Å². The highest BCUT2D eigenvalue weighted by Crippen LogP contribution is 2.29. The highest BCUT2D eigenvalue weighted by atomic mass is 32.2. The summed E-state index contributed by atoms with van der Waals surface area (Å²) in [7, 11) is 0. The molecule has 2 N–H and O–H groups in total. The Hall–Kier alpha value is -1.77. The van der Waals surface area contributed by atoms with Crippen molar-refractivity contribution in [2.24, 2.45) is 0 Å². The van der Waals surface area contributed by atoms with E-state index in [0.29, 0.717) is 11.8 Å². The van der Waals surface area contributed by atoms with Crippen molar-refractivity contribution in [3.8, 4) is 0 Å². The van der Waals surface area contributed by atoms with E-state index in [9.17, 15) is 27.9 Å². The molecule has 1 aliphatic heterocycles. The van der Waals surface area contributed by atoms with Gasteiger partial charge in [-0.1, -0.05) is 0 Å². The normalized spacial score (nSPS) is 22.0. The minimum Gasteiger partial charge on any atom is -0.479 e. The largest absolute Gasteiger partial charge is 0.479 e. The Morgan fingerprint density at radius 2 is 2.10 bits per heavy atom. The van der Waals surface area contributed by atoms with Crippen LogP contribution in [0.1, 0.15) is 22.5 Å². The Labute approximate surface area is 121 Å². The molecule has 5 nitrogen and oxygen atoms in total. The second-order valence-corrected chi connectivity index (χ2v) is 5.68. The lowest BCUT2D eigenvalue weighted by Gasteiger charge is -2.24. The number of carbonyl (C=O) groups excluding carboxylic acids is 1. The number of aliphatic carboxylic acids is 1. The Bertz CT molecular complexity index is 554. The number of hydrogen-bond acceptors (Lipinski definition) is 4. The maximum absolute atomic E-state index is 12.4. The molecule has 21 heavy (non-hydrogen) atoms. The van der Waals surface area contributed by atoms with Crippen molar-refractivity contribution in [1.29, 1.82) is 0 Å². The van der Waals surface area contributed by atoms with Crippen LogP contribution in [-0.2, 0) is 11.0 Å². The fraction of sp³-hybridized carbons (Fsp3) is 0.417. The van der Waals surface area contributed by atoms with Crippen LogP contribution in [0.5, 0.6) is 0 Å². The van der Waals surface area contributed by atoms with Gasteiger partial charge in [-0.25, -0.2) is 4.79 Å². The van der Waals surface area contributed by atoms with E-state index in [1.54, 1.807) is 0 Å². The monoisotopic (exact) mass is 320 g/mol. The van der Waals surface area contributed by atoms with E-state index >= 15 is 0 Å². The predicted molar refractivity (Wildman–Crippen MR) is 69.0 cm³/mol. The van der Waals surface area contributed by atoms with E-state index in [0.717, 1.165) is 12.3 Å². The first-order valence-electron chi connectivity index (χ1n) is 5.91. The minimum absolute atomic E-state index is 0.111. The quantitative estimate of drug-likeness (QED) is 0.888. The maximum atomic E-state index is 12.4. The van der Waals surface area contributed by atoms with Crippen molar-refractivity contribution in [3.05, 3.63) is 29.6 Å². The summed E-state index contributed by atoms with van der Waals surface area (Å²) in [6.07, 6.45) is -3.53. The van der Waals surface area contributed by atoms with Gasteiger partial charge in [-0.2, -0.15) is 24.9 Å². The summed E-state index contributed by atoms with van der Waals surface area (Å²) in [4.78, 5) is 26.4. The van der Waals surface area contributed by atoms with Crippen LogP contribution in [0.2, 0.25) is 0 Å². The number of hydrogen-bond donors (Lipinski definition) is 2. The first kappa shape index (κ1) is 15.6. The number of halogens is 3. The Balaban J connectivity index is 2.15. The summed E-state index contributed by atoms with van der Waals surface area (Å²) in [5, 5.41) is 11.6. The molecule has 0 unspecified atom stereocenters. The first-order chi connectivity index (χ1) is 9.74. The number of alkyl halides is 3. The molecule has 1 atom stereocenters. The molecule has 0 spiro atoms. The van der Waals surface area contributed by atoms with Crippen molar-refractivity contribution in [2.45, 2.75) is 18.1 Å². The molecule has 9 heteroatoms. The number of amides is 1. The highest BCUT2D eigenvalue weighted by molar-refractivity contribution is 7.99. The van der Waals surface area contributed by atoms with Crippen LogP contribution in [0.15, 0.2) is 18.3 Å². The number of aromatic nitrogens is 1. The topological polar surface area (TPSA) is 79.3 Å². The van der Waals surface area contributed by atoms with Gasteiger partial charge in [0.15, 0.2) is 0 Å². The fourth-order valence-corrected chi connectivity index (χ4v) is 3.20. The lowest BCUT2D eigenvalue weighted by Crippen LogP contribution is -2.54. The van der Waals surface area contributed by atoms with Crippen molar-refractivity contribution in [3.63, 3.8) is 0 Å². The average molecular weight is 320 g/mol. The molecule has 1 saturated heterocycles. The van der Waals surface area contributed by atoms with Gasteiger partial charge >= 0.3 is 12.1 Å². The van der Waals surface area contributed by atoms with E-state index < -0.39 is 29.3 Å². The molecule has 2 rings (SSSR count). The lowest BCUT2D eigenvalue weighted by atomic mass is 9.98. The summed E-state index contributed by atoms with van der Waals surface area (Å²) in [6, 6.07) is 1.66. The molecule has 1 aromatic rings. The number of rotatable bonds is 3. The number of pyridine rings is 1. The average Bonchev–Trinajstić information content (AvgIpc) is 2.88. The van der Waals surface area contributed by atoms with Crippen LogP contribution < -0.4 is 5.32 Å². The highest BCUT2D eigenvalue weighted by Gasteiger charge is 2.43. The number of nitrogens with one attached hydrogen (secondary N) is 1. The van der Waals surface area contributed by atoms with Gasteiger partial charge in [-0.05, 0) is 24.3 Å². The molecule has 0 bridgehead atoms. The first-order valence-corrected chi connectivity index (χ1v) is 7.07. The zero-order valence-electron chi connectivity index (χ0n) is 10.6. The van der Waals surface area contributed by atoms with E-state index in [4.69, 9.17) is 0 Å². The molecule has 0 aromatic carbocycles.